The summed E-state index contributed by atoms with van der Waals surface area (Å²) >= 11 is 3.51. The molecule has 132 valence electrons. The highest BCUT2D eigenvalue weighted by atomic mass is 79.9. The SMILES string of the molecule is C[Si](C)(C)CCOCn1cc(Br)c2nc(-c3cccnc3F)ncc21. The molecule has 0 aliphatic carbocycles. The van der Waals surface area contributed by atoms with Gasteiger partial charge in [0.2, 0.25) is 5.95 Å². The van der Waals surface area contributed by atoms with Crippen molar-refractivity contribution in [1.29, 1.82) is 0 Å². The number of nitrogens with zero attached hydrogens (tertiary/aromatic N) is 4. The Kier molecular flexibility index (Phi) is 5.31. The second kappa shape index (κ2) is 7.31. The van der Waals surface area contributed by atoms with E-state index in [0.29, 0.717) is 12.6 Å². The largest absolute Gasteiger partial charge is 0.361 e. The van der Waals surface area contributed by atoms with E-state index in [1.165, 1.54) is 6.20 Å². The van der Waals surface area contributed by atoms with E-state index in [2.05, 4.69) is 50.5 Å². The molecule has 0 aromatic carbocycles. The standard InChI is InChI=1S/C17H20BrFN4OSi/c1-25(2,3)8-7-24-11-23-10-13(18)15-14(23)9-21-17(22-15)12-5-4-6-20-16(12)19/h4-6,9-10H,7-8,11H2,1-3H3. The molecule has 0 aliphatic rings. The second-order valence-electron chi connectivity index (χ2n) is 7.06. The van der Waals surface area contributed by atoms with Gasteiger partial charge in [-0.15, -0.1) is 0 Å². The van der Waals surface area contributed by atoms with Crippen molar-refractivity contribution in [3.05, 3.63) is 41.1 Å². The Morgan fingerprint density at radius 3 is 2.80 bits per heavy atom. The molecule has 25 heavy (non-hydrogen) atoms. The number of hydrogen-bond acceptors (Lipinski definition) is 4. The van der Waals surface area contributed by atoms with Crippen LogP contribution in [0.2, 0.25) is 25.7 Å². The van der Waals surface area contributed by atoms with Gasteiger partial charge < -0.3 is 9.30 Å². The molecule has 0 saturated heterocycles. The third-order valence-electron chi connectivity index (χ3n) is 3.80. The molecule has 0 amide bonds. The van der Waals surface area contributed by atoms with E-state index in [1.54, 1.807) is 18.3 Å². The summed E-state index contributed by atoms with van der Waals surface area (Å²) in [4.78, 5) is 12.4. The zero-order valence-electron chi connectivity index (χ0n) is 14.5. The molecule has 0 spiro atoms. The normalized spacial score (nSPS) is 12.0. The highest BCUT2D eigenvalue weighted by molar-refractivity contribution is 9.10. The van der Waals surface area contributed by atoms with Crippen molar-refractivity contribution >= 4 is 35.0 Å². The molecule has 3 aromatic heterocycles. The molecule has 0 aliphatic heterocycles. The summed E-state index contributed by atoms with van der Waals surface area (Å²) in [5.41, 5.74) is 1.85. The molecule has 3 rings (SSSR count). The van der Waals surface area contributed by atoms with Crippen molar-refractivity contribution in [2.45, 2.75) is 32.4 Å². The fraction of sp³-hybridized carbons (Fsp3) is 0.353. The molecule has 3 heterocycles. The Hall–Kier alpha value is -1.64. The maximum Gasteiger partial charge on any atom is 0.223 e. The molecular formula is C17H20BrFN4OSi. The third kappa shape index (κ3) is 4.31. The summed E-state index contributed by atoms with van der Waals surface area (Å²) in [6.07, 6.45) is 5.01. The van der Waals surface area contributed by atoms with Crippen LogP contribution in [-0.4, -0.2) is 34.2 Å². The van der Waals surface area contributed by atoms with Crippen molar-refractivity contribution < 1.29 is 9.13 Å². The van der Waals surface area contributed by atoms with Crippen molar-refractivity contribution in [1.82, 2.24) is 19.5 Å². The Labute approximate surface area is 155 Å². The Balaban J connectivity index is 1.83. The molecule has 0 atom stereocenters. The minimum Gasteiger partial charge on any atom is -0.361 e. The summed E-state index contributed by atoms with van der Waals surface area (Å²) in [5, 5.41) is 0. The summed E-state index contributed by atoms with van der Waals surface area (Å²) in [6.45, 7) is 8.16. The van der Waals surface area contributed by atoms with Gasteiger partial charge in [-0.3, -0.25) is 0 Å². The van der Waals surface area contributed by atoms with E-state index in [4.69, 9.17) is 4.74 Å². The van der Waals surface area contributed by atoms with Gasteiger partial charge in [-0.2, -0.15) is 4.39 Å². The molecule has 0 saturated carbocycles. The maximum atomic E-state index is 13.9. The molecule has 0 unspecified atom stereocenters. The van der Waals surface area contributed by atoms with Gasteiger partial charge in [-0.1, -0.05) is 19.6 Å². The van der Waals surface area contributed by atoms with Gasteiger partial charge in [0.05, 0.1) is 21.7 Å². The number of ether oxygens (including phenoxy) is 1. The van der Waals surface area contributed by atoms with Crippen LogP contribution in [0.5, 0.6) is 0 Å². The fourth-order valence-corrected chi connectivity index (χ4v) is 3.66. The summed E-state index contributed by atoms with van der Waals surface area (Å²) in [7, 11) is -1.10. The molecule has 3 aromatic rings. The number of pyridine rings is 1. The molecule has 8 heteroatoms. The van der Waals surface area contributed by atoms with Crippen LogP contribution in [0.4, 0.5) is 4.39 Å². The van der Waals surface area contributed by atoms with Gasteiger partial charge in [0.15, 0.2) is 5.82 Å². The van der Waals surface area contributed by atoms with Crippen molar-refractivity contribution in [3.63, 3.8) is 0 Å². The van der Waals surface area contributed by atoms with Gasteiger partial charge in [-0.25, -0.2) is 15.0 Å². The minimum absolute atomic E-state index is 0.287. The Bertz CT molecular complexity index is 894. The number of rotatable bonds is 6. The lowest BCUT2D eigenvalue weighted by molar-refractivity contribution is 0.0901. The van der Waals surface area contributed by atoms with E-state index in [1.807, 2.05) is 10.8 Å². The van der Waals surface area contributed by atoms with Crippen LogP contribution in [0, 0.1) is 5.95 Å². The van der Waals surface area contributed by atoms with Gasteiger partial charge in [0, 0.05) is 27.1 Å². The predicted molar refractivity (Wildman–Crippen MR) is 103 cm³/mol. The van der Waals surface area contributed by atoms with Crippen LogP contribution < -0.4 is 0 Å². The van der Waals surface area contributed by atoms with Crippen LogP contribution in [-0.2, 0) is 11.5 Å². The second-order valence-corrected chi connectivity index (χ2v) is 13.5. The van der Waals surface area contributed by atoms with Gasteiger partial charge >= 0.3 is 0 Å². The molecule has 0 fully saturated rings. The van der Waals surface area contributed by atoms with Crippen LogP contribution in [0.25, 0.3) is 22.4 Å². The zero-order chi connectivity index (χ0) is 18.0. The molecular weight excluding hydrogens is 403 g/mol. The number of halogens is 2. The lowest BCUT2D eigenvalue weighted by Gasteiger charge is -2.15. The fourth-order valence-electron chi connectivity index (χ4n) is 2.36. The number of hydrogen-bond donors (Lipinski definition) is 0. The van der Waals surface area contributed by atoms with Crippen LogP contribution in [0.3, 0.4) is 0 Å². The molecule has 5 nitrogen and oxygen atoms in total. The summed E-state index contributed by atoms with van der Waals surface area (Å²) in [6, 6.07) is 4.40. The van der Waals surface area contributed by atoms with Crippen LogP contribution in [0.15, 0.2) is 35.2 Å². The quantitative estimate of drug-likeness (QED) is 0.328. The average Bonchev–Trinajstić information content (AvgIpc) is 2.87. The van der Waals surface area contributed by atoms with Gasteiger partial charge in [-0.05, 0) is 34.1 Å². The number of fused-ring (bicyclic) bond motifs is 1. The Morgan fingerprint density at radius 2 is 2.08 bits per heavy atom. The first-order valence-corrected chi connectivity index (χ1v) is 12.6. The molecule has 0 N–H and O–H groups in total. The third-order valence-corrected chi connectivity index (χ3v) is 6.09. The minimum atomic E-state index is -1.10. The predicted octanol–water partition coefficient (Wildman–Crippen LogP) is 4.71. The molecule has 0 bridgehead atoms. The first-order valence-electron chi connectivity index (χ1n) is 8.05. The van der Waals surface area contributed by atoms with Crippen molar-refractivity contribution in [2.24, 2.45) is 0 Å². The first kappa shape index (κ1) is 18.2. The first-order chi connectivity index (χ1) is 11.8. The summed E-state index contributed by atoms with van der Waals surface area (Å²) in [5.74, 6) is -0.261. The van der Waals surface area contributed by atoms with E-state index in [9.17, 15) is 4.39 Å². The lowest BCUT2D eigenvalue weighted by atomic mass is 10.2. The zero-order valence-corrected chi connectivity index (χ0v) is 17.0. The average molecular weight is 423 g/mol. The van der Waals surface area contributed by atoms with Crippen molar-refractivity contribution in [3.8, 4) is 11.4 Å². The monoisotopic (exact) mass is 422 g/mol. The van der Waals surface area contributed by atoms with Crippen LogP contribution in [0.1, 0.15) is 0 Å². The van der Waals surface area contributed by atoms with Crippen LogP contribution >= 0.6 is 15.9 Å². The number of aromatic nitrogens is 4. The Morgan fingerprint density at radius 1 is 1.28 bits per heavy atom. The highest BCUT2D eigenvalue weighted by Gasteiger charge is 2.15. The highest BCUT2D eigenvalue weighted by Crippen LogP contribution is 2.27. The van der Waals surface area contributed by atoms with E-state index < -0.39 is 14.0 Å². The lowest BCUT2D eigenvalue weighted by Crippen LogP contribution is -2.21. The topological polar surface area (TPSA) is 52.8 Å². The van der Waals surface area contributed by atoms with Gasteiger partial charge in [0.1, 0.15) is 12.2 Å². The smallest absolute Gasteiger partial charge is 0.223 e. The molecule has 0 radical (unpaired) electrons. The maximum absolute atomic E-state index is 13.9. The van der Waals surface area contributed by atoms with E-state index in [-0.39, 0.29) is 5.56 Å². The van der Waals surface area contributed by atoms with E-state index >= 15 is 0 Å². The summed E-state index contributed by atoms with van der Waals surface area (Å²) < 4.78 is 22.4. The van der Waals surface area contributed by atoms with Crippen molar-refractivity contribution in [2.75, 3.05) is 6.61 Å². The van der Waals surface area contributed by atoms with Gasteiger partial charge in [0.25, 0.3) is 0 Å². The van der Waals surface area contributed by atoms with E-state index in [0.717, 1.165) is 28.2 Å².